The molecule has 14 heavy (non-hydrogen) atoms. The first kappa shape index (κ1) is 10.1. The van der Waals surface area contributed by atoms with E-state index >= 15 is 0 Å². The van der Waals surface area contributed by atoms with Gasteiger partial charge in [0.05, 0.1) is 6.61 Å². The molecule has 2 rings (SSSR count). The van der Waals surface area contributed by atoms with Crippen LogP contribution in [0.2, 0.25) is 0 Å². The molecule has 76 valence electrons. The van der Waals surface area contributed by atoms with Gasteiger partial charge in [-0.1, -0.05) is 28.6 Å². The SMILES string of the molecule is C=C/C(Br)=C\C1=C(C)C2(CNC2)OC1. The summed E-state index contributed by atoms with van der Waals surface area (Å²) in [6, 6.07) is 0. The van der Waals surface area contributed by atoms with Crippen LogP contribution in [0.15, 0.2) is 34.4 Å². The Morgan fingerprint density at radius 3 is 2.79 bits per heavy atom. The Hall–Kier alpha value is -0.380. The van der Waals surface area contributed by atoms with Crippen LogP contribution in [-0.4, -0.2) is 25.3 Å². The zero-order valence-electron chi connectivity index (χ0n) is 8.27. The summed E-state index contributed by atoms with van der Waals surface area (Å²) in [5, 5.41) is 3.25. The van der Waals surface area contributed by atoms with E-state index in [0.29, 0.717) is 0 Å². The highest BCUT2D eigenvalue weighted by Gasteiger charge is 2.44. The highest BCUT2D eigenvalue weighted by atomic mass is 79.9. The van der Waals surface area contributed by atoms with E-state index in [-0.39, 0.29) is 5.60 Å². The first-order valence-corrected chi connectivity index (χ1v) is 5.52. The summed E-state index contributed by atoms with van der Waals surface area (Å²) in [4.78, 5) is 0. The molecule has 0 aliphatic carbocycles. The van der Waals surface area contributed by atoms with E-state index in [9.17, 15) is 0 Å². The molecule has 2 aliphatic rings. The minimum atomic E-state index is 0.000281. The zero-order chi connectivity index (χ0) is 10.2. The van der Waals surface area contributed by atoms with Crippen molar-refractivity contribution < 1.29 is 4.74 Å². The van der Waals surface area contributed by atoms with Gasteiger partial charge in [0.15, 0.2) is 0 Å². The molecule has 2 aliphatic heterocycles. The Labute approximate surface area is 92.8 Å². The van der Waals surface area contributed by atoms with Gasteiger partial charge >= 0.3 is 0 Å². The van der Waals surface area contributed by atoms with Crippen molar-refractivity contribution >= 4 is 15.9 Å². The molecule has 1 saturated heterocycles. The maximum Gasteiger partial charge on any atom is 0.115 e. The highest BCUT2D eigenvalue weighted by molar-refractivity contribution is 9.11. The summed E-state index contributed by atoms with van der Waals surface area (Å²) in [6.45, 7) is 8.47. The molecule has 0 radical (unpaired) electrons. The lowest BCUT2D eigenvalue weighted by Crippen LogP contribution is -2.60. The molecule has 0 atom stereocenters. The number of allylic oxidation sites excluding steroid dienone is 2. The van der Waals surface area contributed by atoms with Gasteiger partial charge in [-0.25, -0.2) is 0 Å². The van der Waals surface area contributed by atoms with Crippen LogP contribution in [0, 0.1) is 0 Å². The quantitative estimate of drug-likeness (QED) is 0.764. The van der Waals surface area contributed by atoms with Crippen LogP contribution in [-0.2, 0) is 4.74 Å². The van der Waals surface area contributed by atoms with Gasteiger partial charge in [-0.05, 0) is 24.1 Å². The van der Waals surface area contributed by atoms with E-state index in [2.05, 4.69) is 40.8 Å². The van der Waals surface area contributed by atoms with Crippen molar-refractivity contribution in [2.24, 2.45) is 0 Å². The normalized spacial score (nSPS) is 25.4. The van der Waals surface area contributed by atoms with Gasteiger partial charge < -0.3 is 10.1 Å². The lowest BCUT2D eigenvalue weighted by molar-refractivity contribution is -0.0219. The molecule has 0 bridgehead atoms. The average Bonchev–Trinajstić information content (AvgIpc) is 2.43. The molecule has 0 unspecified atom stereocenters. The summed E-state index contributed by atoms with van der Waals surface area (Å²) in [5.74, 6) is 0. The van der Waals surface area contributed by atoms with Crippen molar-refractivity contribution in [3.63, 3.8) is 0 Å². The first-order chi connectivity index (χ1) is 6.68. The molecule has 0 aromatic rings. The molecular weight excluding hydrogens is 242 g/mol. The van der Waals surface area contributed by atoms with Crippen LogP contribution in [0.25, 0.3) is 0 Å². The monoisotopic (exact) mass is 255 g/mol. The number of ether oxygens (including phenoxy) is 1. The minimum Gasteiger partial charge on any atom is -0.363 e. The second-order valence-electron chi connectivity index (χ2n) is 3.77. The fourth-order valence-corrected chi connectivity index (χ4v) is 2.10. The van der Waals surface area contributed by atoms with Gasteiger partial charge in [0.2, 0.25) is 0 Å². The third kappa shape index (κ3) is 1.49. The highest BCUT2D eigenvalue weighted by Crippen LogP contribution is 2.35. The lowest BCUT2D eigenvalue weighted by Gasteiger charge is -2.39. The topological polar surface area (TPSA) is 21.3 Å². The second-order valence-corrected chi connectivity index (χ2v) is 4.69. The largest absolute Gasteiger partial charge is 0.363 e. The zero-order valence-corrected chi connectivity index (χ0v) is 9.86. The second kappa shape index (κ2) is 3.65. The maximum absolute atomic E-state index is 5.81. The van der Waals surface area contributed by atoms with Crippen LogP contribution >= 0.6 is 15.9 Å². The van der Waals surface area contributed by atoms with Gasteiger partial charge in [-0.15, -0.1) is 0 Å². The van der Waals surface area contributed by atoms with E-state index in [0.717, 1.165) is 24.2 Å². The van der Waals surface area contributed by atoms with E-state index in [1.807, 2.05) is 0 Å². The molecular formula is C11H14BrNO. The predicted molar refractivity (Wildman–Crippen MR) is 61.5 cm³/mol. The molecule has 0 saturated carbocycles. The first-order valence-electron chi connectivity index (χ1n) is 4.72. The third-order valence-electron chi connectivity index (χ3n) is 3.00. The summed E-state index contributed by atoms with van der Waals surface area (Å²) in [6.07, 6.45) is 3.89. The fourth-order valence-electron chi connectivity index (χ4n) is 1.82. The number of hydrogen-bond acceptors (Lipinski definition) is 2. The number of nitrogens with one attached hydrogen (secondary N) is 1. The van der Waals surface area contributed by atoms with E-state index < -0.39 is 0 Å². The summed E-state index contributed by atoms with van der Waals surface area (Å²) in [7, 11) is 0. The smallest absolute Gasteiger partial charge is 0.115 e. The molecule has 0 amide bonds. The Bertz CT molecular complexity index is 326. The van der Waals surface area contributed by atoms with Crippen LogP contribution in [0.5, 0.6) is 0 Å². The van der Waals surface area contributed by atoms with Crippen molar-refractivity contribution in [2.45, 2.75) is 12.5 Å². The van der Waals surface area contributed by atoms with Crippen molar-refractivity contribution in [3.05, 3.63) is 34.4 Å². The Kier molecular flexibility index (Phi) is 2.64. The number of hydrogen-bond donors (Lipinski definition) is 1. The van der Waals surface area contributed by atoms with Gasteiger partial charge in [-0.2, -0.15) is 0 Å². The molecule has 2 heterocycles. The number of halogens is 1. The van der Waals surface area contributed by atoms with Crippen molar-refractivity contribution in [1.82, 2.24) is 5.32 Å². The summed E-state index contributed by atoms with van der Waals surface area (Å²) >= 11 is 3.43. The van der Waals surface area contributed by atoms with Crippen molar-refractivity contribution in [3.8, 4) is 0 Å². The predicted octanol–water partition coefficient (Wildman–Crippen LogP) is 2.14. The Morgan fingerprint density at radius 1 is 1.64 bits per heavy atom. The fraction of sp³-hybridized carbons (Fsp3) is 0.455. The Morgan fingerprint density at radius 2 is 2.36 bits per heavy atom. The molecule has 1 fully saturated rings. The van der Waals surface area contributed by atoms with Crippen LogP contribution in [0.1, 0.15) is 6.92 Å². The van der Waals surface area contributed by atoms with Crippen LogP contribution < -0.4 is 5.32 Å². The van der Waals surface area contributed by atoms with Gasteiger partial charge in [0.25, 0.3) is 0 Å². The lowest BCUT2D eigenvalue weighted by atomic mass is 9.88. The maximum atomic E-state index is 5.81. The van der Waals surface area contributed by atoms with E-state index in [1.54, 1.807) is 6.08 Å². The van der Waals surface area contributed by atoms with Gasteiger partial charge in [-0.3, -0.25) is 0 Å². The molecule has 2 nitrogen and oxygen atoms in total. The summed E-state index contributed by atoms with van der Waals surface area (Å²) < 4.78 is 6.82. The van der Waals surface area contributed by atoms with E-state index in [4.69, 9.17) is 4.74 Å². The summed E-state index contributed by atoms with van der Waals surface area (Å²) in [5.41, 5.74) is 2.63. The Balaban J connectivity index is 2.24. The molecule has 1 N–H and O–H groups in total. The van der Waals surface area contributed by atoms with Gasteiger partial charge in [0, 0.05) is 17.6 Å². The number of rotatable bonds is 2. The molecule has 1 spiro atoms. The molecule has 3 heteroatoms. The third-order valence-corrected chi connectivity index (χ3v) is 3.55. The van der Waals surface area contributed by atoms with Crippen LogP contribution in [0.4, 0.5) is 0 Å². The van der Waals surface area contributed by atoms with Crippen LogP contribution in [0.3, 0.4) is 0 Å². The van der Waals surface area contributed by atoms with E-state index in [1.165, 1.54) is 11.1 Å². The molecule has 0 aromatic heterocycles. The minimum absolute atomic E-state index is 0.000281. The standard InChI is InChI=1S/C11H14BrNO/c1-3-10(12)4-9-5-14-11(8(9)2)6-13-7-11/h3-4,13H,1,5-7H2,2H3/b10-4+. The molecule has 0 aromatic carbocycles. The average molecular weight is 256 g/mol. The van der Waals surface area contributed by atoms with Crippen molar-refractivity contribution in [1.29, 1.82) is 0 Å². The van der Waals surface area contributed by atoms with Crippen molar-refractivity contribution in [2.75, 3.05) is 19.7 Å². The van der Waals surface area contributed by atoms with Gasteiger partial charge in [0.1, 0.15) is 5.60 Å².